The number of nitrogens with one attached hydrogen (secondary N) is 2. The number of hydrogen-bond donors (Lipinski definition) is 2. The molecule has 0 bridgehead atoms. The Balaban J connectivity index is 1.52. The number of anilines is 2. The van der Waals surface area contributed by atoms with Gasteiger partial charge in [0.25, 0.3) is 0 Å². The molecule has 1 fully saturated rings. The van der Waals surface area contributed by atoms with Gasteiger partial charge in [0.1, 0.15) is 0 Å². The molecule has 1 aromatic heterocycles. The Hall–Kier alpha value is -2.47. The zero-order valence-electron chi connectivity index (χ0n) is 13.9. The maximum absolute atomic E-state index is 11.0. The minimum Gasteiger partial charge on any atom is -0.339 e. The Kier molecular flexibility index (Phi) is 5.38. The minimum absolute atomic E-state index is 0.0497. The fourth-order valence-electron chi connectivity index (χ4n) is 2.95. The summed E-state index contributed by atoms with van der Waals surface area (Å²) in [5, 5.41) is 6.39. The highest BCUT2D eigenvalue weighted by Crippen LogP contribution is 2.16. The molecule has 0 aliphatic carbocycles. The lowest BCUT2D eigenvalue weighted by Crippen LogP contribution is -2.46. The summed E-state index contributed by atoms with van der Waals surface area (Å²) in [5.74, 6) is 0.759. The van der Waals surface area contributed by atoms with Gasteiger partial charge in [0.2, 0.25) is 11.9 Å². The molecule has 3 rings (SSSR count). The van der Waals surface area contributed by atoms with Crippen molar-refractivity contribution < 1.29 is 4.79 Å². The number of amides is 1. The van der Waals surface area contributed by atoms with Gasteiger partial charge in [0.15, 0.2) is 0 Å². The van der Waals surface area contributed by atoms with Crippen LogP contribution in [0.5, 0.6) is 0 Å². The van der Waals surface area contributed by atoms with Crippen molar-refractivity contribution in [3.8, 4) is 0 Å². The second-order valence-electron chi connectivity index (χ2n) is 6.09. The number of hydrogen-bond acceptors (Lipinski definition) is 5. The summed E-state index contributed by atoms with van der Waals surface area (Å²) in [4.78, 5) is 22.0. The third-order valence-electron chi connectivity index (χ3n) is 4.13. The first-order chi connectivity index (χ1) is 11.7. The predicted octanol–water partition coefficient (Wildman–Crippen LogP) is 2.19. The third-order valence-corrected chi connectivity index (χ3v) is 4.13. The van der Waals surface area contributed by atoms with Crippen LogP contribution in [0.2, 0.25) is 0 Å². The van der Waals surface area contributed by atoms with Crippen molar-refractivity contribution in [1.29, 1.82) is 0 Å². The van der Waals surface area contributed by atoms with Crippen molar-refractivity contribution >= 4 is 17.5 Å². The van der Waals surface area contributed by atoms with E-state index >= 15 is 0 Å². The Bertz CT molecular complexity index is 659. The van der Waals surface area contributed by atoms with Crippen LogP contribution in [0.25, 0.3) is 0 Å². The molecule has 2 aromatic rings. The van der Waals surface area contributed by atoms with Crippen LogP contribution >= 0.6 is 0 Å². The Labute approximate surface area is 142 Å². The van der Waals surface area contributed by atoms with E-state index in [0.717, 1.165) is 44.1 Å². The number of nitrogens with zero attached hydrogens (tertiary/aromatic N) is 3. The van der Waals surface area contributed by atoms with Gasteiger partial charge >= 0.3 is 0 Å². The van der Waals surface area contributed by atoms with Crippen molar-refractivity contribution in [3.63, 3.8) is 0 Å². The molecule has 6 nitrogen and oxygen atoms in total. The number of piperidine rings is 1. The molecule has 1 atom stereocenters. The summed E-state index contributed by atoms with van der Waals surface area (Å²) < 4.78 is 0. The van der Waals surface area contributed by atoms with Crippen molar-refractivity contribution in [1.82, 2.24) is 15.3 Å². The molecular formula is C18H23N5O. The van der Waals surface area contributed by atoms with Gasteiger partial charge in [-0.1, -0.05) is 12.1 Å². The largest absolute Gasteiger partial charge is 0.339 e. The number of rotatable bonds is 5. The lowest BCUT2D eigenvalue weighted by atomic mass is 10.1. The van der Waals surface area contributed by atoms with Crippen LogP contribution in [0.15, 0.2) is 42.7 Å². The molecule has 6 heteroatoms. The molecule has 1 amide bonds. The van der Waals surface area contributed by atoms with E-state index in [1.54, 1.807) is 12.4 Å². The molecule has 24 heavy (non-hydrogen) atoms. The lowest BCUT2D eigenvalue weighted by molar-refractivity contribution is -0.114. The summed E-state index contributed by atoms with van der Waals surface area (Å²) in [6.07, 6.45) is 5.87. The van der Waals surface area contributed by atoms with E-state index in [9.17, 15) is 4.79 Å². The van der Waals surface area contributed by atoms with Crippen LogP contribution in [-0.2, 0) is 11.3 Å². The number of aromatic nitrogens is 2. The molecule has 0 saturated carbocycles. The molecular weight excluding hydrogens is 302 g/mol. The topological polar surface area (TPSA) is 70.2 Å². The van der Waals surface area contributed by atoms with Crippen LogP contribution in [0, 0.1) is 0 Å². The van der Waals surface area contributed by atoms with Gasteiger partial charge in [-0.25, -0.2) is 9.97 Å². The normalized spacial score (nSPS) is 17.5. The maximum Gasteiger partial charge on any atom is 0.225 e. The van der Waals surface area contributed by atoms with Gasteiger partial charge < -0.3 is 15.5 Å². The van der Waals surface area contributed by atoms with Crippen LogP contribution in [-0.4, -0.2) is 35.0 Å². The highest BCUT2D eigenvalue weighted by atomic mass is 16.1. The van der Waals surface area contributed by atoms with E-state index in [1.165, 1.54) is 12.5 Å². The van der Waals surface area contributed by atoms with Gasteiger partial charge in [-0.05, 0) is 36.6 Å². The summed E-state index contributed by atoms with van der Waals surface area (Å²) >= 11 is 0. The number of carbonyl (C=O) groups is 1. The molecule has 1 aromatic carbocycles. The van der Waals surface area contributed by atoms with Crippen LogP contribution in [0.3, 0.4) is 0 Å². The summed E-state index contributed by atoms with van der Waals surface area (Å²) in [6.45, 7) is 4.26. The first-order valence-corrected chi connectivity index (χ1v) is 8.32. The van der Waals surface area contributed by atoms with E-state index in [4.69, 9.17) is 0 Å². The molecule has 126 valence electrons. The maximum atomic E-state index is 11.0. The summed E-state index contributed by atoms with van der Waals surface area (Å²) in [7, 11) is 0. The van der Waals surface area contributed by atoms with Crippen molar-refractivity contribution in [2.75, 3.05) is 23.3 Å². The fraction of sp³-hybridized carbons (Fsp3) is 0.389. The third kappa shape index (κ3) is 4.52. The predicted molar refractivity (Wildman–Crippen MR) is 94.9 cm³/mol. The molecule has 1 aliphatic rings. The zero-order valence-corrected chi connectivity index (χ0v) is 13.9. The van der Waals surface area contributed by atoms with E-state index < -0.39 is 0 Å². The van der Waals surface area contributed by atoms with Gasteiger partial charge in [0, 0.05) is 50.7 Å². The molecule has 0 spiro atoms. The summed E-state index contributed by atoms with van der Waals surface area (Å²) in [6, 6.07) is 10.2. The van der Waals surface area contributed by atoms with Gasteiger partial charge in [-0.15, -0.1) is 0 Å². The Morgan fingerprint density at radius 3 is 2.71 bits per heavy atom. The van der Waals surface area contributed by atoms with Crippen molar-refractivity contribution in [2.45, 2.75) is 32.4 Å². The second-order valence-corrected chi connectivity index (χ2v) is 6.09. The monoisotopic (exact) mass is 325 g/mol. The van der Waals surface area contributed by atoms with Crippen molar-refractivity contribution in [3.05, 3.63) is 48.3 Å². The first-order valence-electron chi connectivity index (χ1n) is 8.32. The molecule has 1 aliphatic heterocycles. The smallest absolute Gasteiger partial charge is 0.225 e. The van der Waals surface area contributed by atoms with Crippen LogP contribution in [0.1, 0.15) is 25.3 Å². The highest BCUT2D eigenvalue weighted by Gasteiger charge is 2.21. The summed E-state index contributed by atoms with van der Waals surface area (Å²) in [5.41, 5.74) is 2.04. The standard InChI is InChI=1S/C18H23N5O/c1-14(24)22-16-7-5-15(6-8-16)12-21-17-4-2-11-23(13-17)18-19-9-3-10-20-18/h3,5-10,17,21H,2,4,11-13H2,1H3,(H,22,24). The van der Waals surface area contributed by atoms with Crippen LogP contribution in [0.4, 0.5) is 11.6 Å². The van der Waals surface area contributed by atoms with Crippen LogP contribution < -0.4 is 15.5 Å². The van der Waals surface area contributed by atoms with Crippen molar-refractivity contribution in [2.24, 2.45) is 0 Å². The van der Waals surface area contributed by atoms with E-state index in [2.05, 4.69) is 25.5 Å². The zero-order chi connectivity index (χ0) is 16.8. The molecule has 1 unspecified atom stereocenters. The van der Waals surface area contributed by atoms with Gasteiger partial charge in [-0.2, -0.15) is 0 Å². The average molecular weight is 325 g/mol. The van der Waals surface area contributed by atoms with Gasteiger partial charge in [0.05, 0.1) is 0 Å². The second kappa shape index (κ2) is 7.88. The molecule has 0 radical (unpaired) electrons. The van der Waals surface area contributed by atoms with E-state index in [1.807, 2.05) is 30.3 Å². The lowest BCUT2D eigenvalue weighted by Gasteiger charge is -2.33. The Morgan fingerprint density at radius 2 is 2.00 bits per heavy atom. The molecule has 2 N–H and O–H groups in total. The highest BCUT2D eigenvalue weighted by molar-refractivity contribution is 5.88. The minimum atomic E-state index is -0.0497. The van der Waals surface area contributed by atoms with E-state index in [-0.39, 0.29) is 5.91 Å². The first kappa shape index (κ1) is 16.4. The van der Waals surface area contributed by atoms with Gasteiger partial charge in [-0.3, -0.25) is 4.79 Å². The quantitative estimate of drug-likeness (QED) is 0.882. The molecule has 1 saturated heterocycles. The molecule has 2 heterocycles. The number of benzene rings is 1. The van der Waals surface area contributed by atoms with E-state index in [0.29, 0.717) is 6.04 Å². The Morgan fingerprint density at radius 1 is 1.25 bits per heavy atom. The average Bonchev–Trinajstić information content (AvgIpc) is 2.62. The number of carbonyl (C=O) groups excluding carboxylic acids is 1. The SMILES string of the molecule is CC(=O)Nc1ccc(CNC2CCCN(c3ncccn3)C2)cc1. The fourth-order valence-corrected chi connectivity index (χ4v) is 2.95.